The second kappa shape index (κ2) is 10.5. The van der Waals surface area contributed by atoms with Crippen molar-refractivity contribution in [3.8, 4) is 10.4 Å². The fraction of sp³-hybridized carbons (Fsp3) is 0.560. The number of aromatic nitrogens is 1. The van der Waals surface area contributed by atoms with Crippen LogP contribution in [-0.4, -0.2) is 63.9 Å². The third-order valence-corrected chi connectivity index (χ3v) is 8.62. The van der Waals surface area contributed by atoms with E-state index in [-0.39, 0.29) is 47.8 Å². The maximum Gasteiger partial charge on any atom is 0.406 e. The molecule has 0 radical (unpaired) electrons. The van der Waals surface area contributed by atoms with E-state index in [0.717, 1.165) is 0 Å². The molecule has 1 aromatic carbocycles. The Bertz CT molecular complexity index is 1270. The molecular formula is C25H25F8N3O3S. The summed E-state index contributed by atoms with van der Waals surface area (Å²) >= 11 is 0.532. The van der Waals surface area contributed by atoms with E-state index in [9.17, 15) is 49.8 Å². The average molecular weight is 600 g/mol. The molecule has 0 spiro atoms. The summed E-state index contributed by atoms with van der Waals surface area (Å²) in [5.41, 5.74) is -7.97. The molecule has 1 atom stereocenters. The number of nitrogens with one attached hydrogen (secondary N) is 1. The number of carbonyl (C=O) groups excluding carboxylic acids is 2. The monoisotopic (exact) mass is 599 g/mol. The molecule has 2 heterocycles. The van der Waals surface area contributed by atoms with Crippen molar-refractivity contribution in [3.63, 3.8) is 0 Å². The van der Waals surface area contributed by atoms with E-state index in [1.165, 1.54) is 4.90 Å². The van der Waals surface area contributed by atoms with E-state index in [0.29, 0.717) is 42.9 Å². The highest BCUT2D eigenvalue weighted by atomic mass is 32.1. The van der Waals surface area contributed by atoms with Gasteiger partial charge in [-0.1, -0.05) is 12.1 Å². The van der Waals surface area contributed by atoms with Gasteiger partial charge in [-0.3, -0.25) is 9.59 Å². The molecule has 40 heavy (non-hydrogen) atoms. The van der Waals surface area contributed by atoms with Gasteiger partial charge in [-0.25, -0.2) is 13.8 Å². The molecular weight excluding hydrogens is 574 g/mol. The van der Waals surface area contributed by atoms with Gasteiger partial charge in [0.2, 0.25) is 0 Å². The van der Waals surface area contributed by atoms with Crippen LogP contribution in [0.25, 0.3) is 10.4 Å². The number of alkyl halides is 8. The lowest BCUT2D eigenvalue weighted by Crippen LogP contribution is -2.51. The number of hydrogen-bond donors (Lipinski definition) is 2. The largest absolute Gasteiger partial charge is 0.406 e. The summed E-state index contributed by atoms with van der Waals surface area (Å²) in [6, 6.07) is 0.638. The van der Waals surface area contributed by atoms with Crippen molar-refractivity contribution < 1.29 is 49.8 Å². The SMILES string of the molecule is C[C@H]1CCCN1C(=O)c1nc(C(=O)NC2CC(O)C2)sc1-c1ccc(C(C)(C(F)(F)F)C(F)(F)F)cc1C(F)F. The summed E-state index contributed by atoms with van der Waals surface area (Å²) in [6.07, 6.45) is -14.0. The Morgan fingerprint density at radius 1 is 1.12 bits per heavy atom. The average Bonchev–Trinajstić information content (AvgIpc) is 3.47. The van der Waals surface area contributed by atoms with Crippen LogP contribution in [0.4, 0.5) is 35.1 Å². The van der Waals surface area contributed by atoms with Gasteiger partial charge in [0.1, 0.15) is 5.69 Å². The highest BCUT2D eigenvalue weighted by Gasteiger charge is 2.68. The van der Waals surface area contributed by atoms with Crippen molar-refractivity contribution in [2.45, 2.75) is 81.9 Å². The predicted octanol–water partition coefficient (Wildman–Crippen LogP) is 6.01. The Hall–Kier alpha value is -2.81. The van der Waals surface area contributed by atoms with Gasteiger partial charge in [0.25, 0.3) is 18.2 Å². The highest BCUT2D eigenvalue weighted by molar-refractivity contribution is 7.17. The van der Waals surface area contributed by atoms with Gasteiger partial charge in [0, 0.05) is 29.8 Å². The molecule has 1 aliphatic heterocycles. The van der Waals surface area contributed by atoms with Crippen LogP contribution < -0.4 is 5.32 Å². The van der Waals surface area contributed by atoms with Gasteiger partial charge in [-0.2, -0.15) is 26.3 Å². The molecule has 0 bridgehead atoms. The fourth-order valence-corrected chi connectivity index (χ4v) is 5.83. The van der Waals surface area contributed by atoms with Crippen molar-refractivity contribution >= 4 is 23.2 Å². The second-order valence-corrected chi connectivity index (χ2v) is 11.2. The smallest absolute Gasteiger partial charge is 0.393 e. The van der Waals surface area contributed by atoms with E-state index in [4.69, 9.17) is 0 Å². The Balaban J connectivity index is 1.85. The van der Waals surface area contributed by atoms with Crippen LogP contribution in [0, 0.1) is 0 Å². The summed E-state index contributed by atoms with van der Waals surface area (Å²) in [5, 5.41) is 11.8. The first kappa shape index (κ1) is 30.2. The highest BCUT2D eigenvalue weighted by Crippen LogP contribution is 2.53. The minimum absolute atomic E-state index is 0.131. The molecule has 4 rings (SSSR count). The number of aliphatic hydroxyl groups excluding tert-OH is 1. The molecule has 1 aliphatic carbocycles. The number of halogens is 8. The van der Waals surface area contributed by atoms with Gasteiger partial charge in [0.05, 0.1) is 11.0 Å². The normalized spacial score (nSPS) is 22.0. The quantitative estimate of drug-likeness (QED) is 0.399. The van der Waals surface area contributed by atoms with Gasteiger partial charge in [-0.15, -0.1) is 11.3 Å². The molecule has 2 aromatic rings. The molecule has 2 amide bonds. The van der Waals surface area contributed by atoms with Crippen LogP contribution in [0.15, 0.2) is 18.2 Å². The third-order valence-electron chi connectivity index (χ3n) is 7.53. The molecule has 220 valence electrons. The van der Waals surface area contributed by atoms with Crippen LogP contribution in [0.1, 0.15) is 77.4 Å². The Kier molecular flexibility index (Phi) is 7.95. The fourth-order valence-electron chi connectivity index (χ4n) is 4.82. The molecule has 1 saturated carbocycles. The van der Waals surface area contributed by atoms with Crippen LogP contribution in [0.2, 0.25) is 0 Å². The number of amides is 2. The number of carbonyl (C=O) groups is 2. The van der Waals surface area contributed by atoms with Gasteiger partial charge >= 0.3 is 12.4 Å². The zero-order valence-corrected chi connectivity index (χ0v) is 22.0. The number of aliphatic hydroxyl groups is 1. The molecule has 6 nitrogen and oxygen atoms in total. The van der Waals surface area contributed by atoms with E-state index in [2.05, 4.69) is 10.3 Å². The summed E-state index contributed by atoms with van der Waals surface area (Å²) in [6.45, 7) is 1.93. The molecule has 0 unspecified atom stereocenters. The lowest BCUT2D eigenvalue weighted by Gasteiger charge is -2.34. The maximum absolute atomic E-state index is 14.2. The molecule has 2 aliphatic rings. The lowest BCUT2D eigenvalue weighted by molar-refractivity contribution is -0.297. The van der Waals surface area contributed by atoms with Crippen molar-refractivity contribution in [2.24, 2.45) is 0 Å². The van der Waals surface area contributed by atoms with E-state index in [1.54, 1.807) is 6.92 Å². The molecule has 15 heteroatoms. The van der Waals surface area contributed by atoms with Crippen LogP contribution in [-0.2, 0) is 5.41 Å². The minimum Gasteiger partial charge on any atom is -0.393 e. The summed E-state index contributed by atoms with van der Waals surface area (Å²) in [4.78, 5) is 31.5. The van der Waals surface area contributed by atoms with Crippen LogP contribution in [0.5, 0.6) is 0 Å². The summed E-state index contributed by atoms with van der Waals surface area (Å²) in [7, 11) is 0. The number of nitrogens with zero attached hydrogens (tertiary/aromatic N) is 2. The van der Waals surface area contributed by atoms with Crippen molar-refractivity contribution in [3.05, 3.63) is 40.0 Å². The Morgan fingerprint density at radius 3 is 2.25 bits per heavy atom. The van der Waals surface area contributed by atoms with E-state index in [1.807, 2.05) is 0 Å². The first-order valence-corrected chi connectivity index (χ1v) is 13.1. The minimum atomic E-state index is -5.86. The number of benzene rings is 1. The number of thiazole rings is 1. The lowest BCUT2D eigenvalue weighted by atomic mass is 9.79. The third kappa shape index (κ3) is 5.29. The molecule has 1 saturated heterocycles. The topological polar surface area (TPSA) is 82.5 Å². The predicted molar refractivity (Wildman–Crippen MR) is 128 cm³/mol. The zero-order chi connectivity index (χ0) is 29.8. The Morgan fingerprint density at radius 2 is 1.75 bits per heavy atom. The molecule has 2 N–H and O–H groups in total. The van der Waals surface area contributed by atoms with Crippen molar-refractivity contribution in [1.29, 1.82) is 0 Å². The summed E-state index contributed by atoms with van der Waals surface area (Å²) < 4.78 is 110. The summed E-state index contributed by atoms with van der Waals surface area (Å²) in [5.74, 6) is -1.46. The zero-order valence-electron chi connectivity index (χ0n) is 21.2. The number of likely N-dealkylation sites (tertiary alicyclic amines) is 1. The van der Waals surface area contributed by atoms with Gasteiger partial charge < -0.3 is 15.3 Å². The first-order chi connectivity index (χ1) is 18.5. The van der Waals surface area contributed by atoms with Crippen LogP contribution in [0.3, 0.4) is 0 Å². The van der Waals surface area contributed by atoms with Crippen molar-refractivity contribution in [2.75, 3.05) is 6.54 Å². The van der Waals surface area contributed by atoms with Crippen LogP contribution >= 0.6 is 11.3 Å². The molecule has 2 fully saturated rings. The van der Waals surface area contributed by atoms with E-state index < -0.39 is 64.5 Å². The van der Waals surface area contributed by atoms with Crippen molar-refractivity contribution in [1.82, 2.24) is 15.2 Å². The maximum atomic E-state index is 14.2. The second-order valence-electron chi connectivity index (χ2n) is 10.2. The van der Waals surface area contributed by atoms with Gasteiger partial charge in [0.15, 0.2) is 10.4 Å². The van der Waals surface area contributed by atoms with E-state index >= 15 is 0 Å². The number of hydrogen-bond acceptors (Lipinski definition) is 5. The standard InChI is InChI=1S/C25H25F8N3O3S/c1-11-4-3-7-36(11)22(39)17-18(40-21(35-17)20(38)34-13-9-14(37)10-13)15-6-5-12(8-16(15)19(26)27)23(2,24(28,29)30)25(31,32)33/h5-6,8,11,13-14,19,37H,3-4,7,9-10H2,1-2H3,(H,34,38)/t11-,13?,14?/m0/s1. The first-order valence-electron chi connectivity index (χ1n) is 12.3. The molecule has 1 aromatic heterocycles. The Labute approximate surface area is 227 Å². The van der Waals surface area contributed by atoms with Gasteiger partial charge in [-0.05, 0) is 51.2 Å². The number of rotatable bonds is 6.